The van der Waals surface area contributed by atoms with Crippen molar-refractivity contribution in [1.82, 2.24) is 34.7 Å². The molecule has 0 radical (unpaired) electrons. The van der Waals surface area contributed by atoms with E-state index in [4.69, 9.17) is 21.0 Å². The smallest absolute Gasteiger partial charge is 0.322 e. The van der Waals surface area contributed by atoms with E-state index < -0.39 is 16.1 Å². The van der Waals surface area contributed by atoms with E-state index >= 15 is 0 Å². The Kier molecular flexibility index (Phi) is 7.03. The number of ether oxygens (including phenoxy) is 1. The second-order valence-electron chi connectivity index (χ2n) is 8.82. The summed E-state index contributed by atoms with van der Waals surface area (Å²) in [6.45, 7) is 7.95. The van der Waals surface area contributed by atoms with Gasteiger partial charge in [0.15, 0.2) is 16.9 Å². The molecule has 1 aliphatic heterocycles. The van der Waals surface area contributed by atoms with Crippen LogP contribution in [0.3, 0.4) is 0 Å². The zero-order chi connectivity index (χ0) is 26.2. The van der Waals surface area contributed by atoms with E-state index in [1.165, 1.54) is 12.1 Å². The molecule has 1 saturated heterocycles. The highest BCUT2D eigenvalue weighted by Gasteiger charge is 2.27. The molecule has 37 heavy (non-hydrogen) atoms. The van der Waals surface area contributed by atoms with E-state index in [9.17, 15) is 8.42 Å². The van der Waals surface area contributed by atoms with Gasteiger partial charge in [-0.05, 0) is 55.5 Å². The van der Waals surface area contributed by atoms with Crippen molar-refractivity contribution in [2.45, 2.75) is 31.3 Å². The molecule has 1 aliphatic rings. The number of nitrogens with one attached hydrogen (secondary N) is 1. The van der Waals surface area contributed by atoms with Gasteiger partial charge in [-0.1, -0.05) is 22.8 Å². The van der Waals surface area contributed by atoms with Crippen molar-refractivity contribution in [1.29, 1.82) is 0 Å². The normalized spacial score (nSPS) is 15.8. The number of piperazine rings is 1. The van der Waals surface area contributed by atoms with Crippen LogP contribution in [-0.4, -0.2) is 71.6 Å². The lowest BCUT2D eigenvalue weighted by molar-refractivity contribution is 0.312. The molecule has 0 bridgehead atoms. The van der Waals surface area contributed by atoms with E-state index in [0.29, 0.717) is 18.1 Å². The van der Waals surface area contributed by atoms with Crippen molar-refractivity contribution < 1.29 is 17.8 Å². The lowest BCUT2D eigenvalue weighted by Gasteiger charge is -2.34. The Morgan fingerprint density at radius 3 is 2.62 bits per heavy atom. The standard InChI is InChI=1S/C23H27ClN8O4S/c1-4-32-22(15(2)29-37(33,34)19-9-8-18(24)20-21(19)28-36-27-20)25-26-23(32)35-17-7-5-6-16(14-17)31-12-10-30(3)11-13-31/h5-9,14-15,29H,4,10-13H2,1-3H3/t15-/m1/s1. The Morgan fingerprint density at radius 1 is 1.11 bits per heavy atom. The van der Waals surface area contributed by atoms with Crippen LogP contribution in [0.15, 0.2) is 45.9 Å². The minimum Gasteiger partial charge on any atom is -0.424 e. The number of aromatic nitrogens is 5. The molecule has 5 rings (SSSR count). The summed E-state index contributed by atoms with van der Waals surface area (Å²) < 4.78 is 41.5. The maximum absolute atomic E-state index is 13.2. The van der Waals surface area contributed by atoms with E-state index in [2.05, 4.69) is 48.1 Å². The third kappa shape index (κ3) is 5.12. The lowest BCUT2D eigenvalue weighted by atomic mass is 10.2. The van der Waals surface area contributed by atoms with Crippen molar-refractivity contribution >= 4 is 38.3 Å². The number of benzene rings is 2. The summed E-state index contributed by atoms with van der Waals surface area (Å²) in [7, 11) is -1.90. The minimum atomic E-state index is -4.02. The monoisotopic (exact) mass is 546 g/mol. The van der Waals surface area contributed by atoms with Gasteiger partial charge in [0.25, 0.3) is 0 Å². The van der Waals surface area contributed by atoms with Crippen LogP contribution in [-0.2, 0) is 16.6 Å². The van der Waals surface area contributed by atoms with Gasteiger partial charge in [-0.25, -0.2) is 17.8 Å². The zero-order valence-corrected chi connectivity index (χ0v) is 22.2. The number of likely N-dealkylation sites (N-methyl/N-ethyl adjacent to an activating group) is 1. The number of rotatable bonds is 8. The van der Waals surface area contributed by atoms with Crippen LogP contribution >= 0.6 is 11.6 Å². The summed E-state index contributed by atoms with van der Waals surface area (Å²) in [6.07, 6.45) is 0. The molecular formula is C23H27ClN8O4S. The minimum absolute atomic E-state index is 0.0495. The summed E-state index contributed by atoms with van der Waals surface area (Å²) >= 11 is 6.07. The number of hydrogen-bond acceptors (Lipinski definition) is 10. The molecule has 0 spiro atoms. The number of sulfonamides is 1. The quantitative estimate of drug-likeness (QED) is 0.351. The average Bonchev–Trinajstić information content (AvgIpc) is 3.52. The van der Waals surface area contributed by atoms with Gasteiger partial charge in [-0.15, -0.1) is 5.10 Å². The van der Waals surface area contributed by atoms with E-state index in [1.54, 1.807) is 11.5 Å². The molecule has 2 aromatic carbocycles. The van der Waals surface area contributed by atoms with Gasteiger partial charge in [0.1, 0.15) is 10.6 Å². The molecule has 1 N–H and O–H groups in total. The summed E-state index contributed by atoms with van der Waals surface area (Å²) in [5, 5.41) is 16.0. The number of fused-ring (bicyclic) bond motifs is 1. The van der Waals surface area contributed by atoms with Gasteiger partial charge in [0.05, 0.1) is 11.1 Å². The van der Waals surface area contributed by atoms with Gasteiger partial charge >= 0.3 is 6.01 Å². The number of anilines is 1. The Bertz CT molecular complexity index is 1510. The van der Waals surface area contributed by atoms with E-state index in [1.807, 2.05) is 25.1 Å². The Labute approximate surface area is 219 Å². The van der Waals surface area contributed by atoms with Crippen molar-refractivity contribution in [3.63, 3.8) is 0 Å². The second-order valence-corrected chi connectivity index (χ2v) is 10.9. The fourth-order valence-corrected chi connectivity index (χ4v) is 5.81. The fraction of sp³-hybridized carbons (Fsp3) is 0.391. The summed E-state index contributed by atoms with van der Waals surface area (Å²) in [5.74, 6) is 1.03. The molecule has 1 fully saturated rings. The van der Waals surface area contributed by atoms with E-state index in [0.717, 1.165) is 31.9 Å². The van der Waals surface area contributed by atoms with Crippen LogP contribution in [0.5, 0.6) is 11.8 Å². The molecule has 3 heterocycles. The Balaban J connectivity index is 1.35. The first kappa shape index (κ1) is 25.4. The molecule has 1 atom stereocenters. The van der Waals surface area contributed by atoms with Crippen molar-refractivity contribution in [3.05, 3.63) is 47.2 Å². The van der Waals surface area contributed by atoms with Gasteiger partial charge in [0, 0.05) is 44.5 Å². The van der Waals surface area contributed by atoms with Gasteiger partial charge < -0.3 is 14.5 Å². The van der Waals surface area contributed by atoms with Crippen molar-refractivity contribution in [3.8, 4) is 11.8 Å². The molecule has 0 aliphatic carbocycles. The summed E-state index contributed by atoms with van der Waals surface area (Å²) in [6, 6.07) is 10.2. The third-order valence-corrected chi connectivity index (χ3v) is 8.17. The van der Waals surface area contributed by atoms with Crippen LogP contribution in [0.1, 0.15) is 25.7 Å². The van der Waals surface area contributed by atoms with Crippen LogP contribution in [0, 0.1) is 0 Å². The Hall–Kier alpha value is -3.26. The van der Waals surface area contributed by atoms with Crippen molar-refractivity contribution in [2.24, 2.45) is 0 Å². The third-order valence-electron chi connectivity index (χ3n) is 6.29. The highest BCUT2D eigenvalue weighted by atomic mass is 35.5. The summed E-state index contributed by atoms with van der Waals surface area (Å²) in [4.78, 5) is 4.52. The zero-order valence-electron chi connectivity index (χ0n) is 20.6. The number of nitrogens with zero attached hydrogens (tertiary/aromatic N) is 7. The van der Waals surface area contributed by atoms with Crippen LogP contribution < -0.4 is 14.4 Å². The molecule has 2 aromatic heterocycles. The average molecular weight is 547 g/mol. The molecular weight excluding hydrogens is 520 g/mol. The maximum atomic E-state index is 13.2. The topological polar surface area (TPSA) is 132 Å². The first-order valence-electron chi connectivity index (χ1n) is 11.8. The molecule has 12 nitrogen and oxygen atoms in total. The molecule has 4 aromatic rings. The molecule has 0 saturated carbocycles. The van der Waals surface area contributed by atoms with Crippen LogP contribution in [0.25, 0.3) is 11.0 Å². The molecule has 196 valence electrons. The number of halogens is 1. The first-order chi connectivity index (χ1) is 17.8. The maximum Gasteiger partial charge on any atom is 0.322 e. The highest BCUT2D eigenvalue weighted by molar-refractivity contribution is 7.89. The van der Waals surface area contributed by atoms with Gasteiger partial charge in [-0.2, -0.15) is 0 Å². The van der Waals surface area contributed by atoms with Crippen LogP contribution in [0.4, 0.5) is 5.69 Å². The SMILES string of the molecule is CCn1c(Oc2cccc(N3CCN(C)CC3)c2)nnc1[C@@H](C)NS(=O)(=O)c1ccc(Cl)c2nonc12. The van der Waals surface area contributed by atoms with Gasteiger partial charge in [-0.3, -0.25) is 4.57 Å². The van der Waals surface area contributed by atoms with E-state index in [-0.39, 0.29) is 27.0 Å². The molecule has 0 amide bonds. The largest absolute Gasteiger partial charge is 0.424 e. The predicted octanol–water partition coefficient (Wildman–Crippen LogP) is 3.07. The molecule has 0 unspecified atom stereocenters. The predicted molar refractivity (Wildman–Crippen MR) is 137 cm³/mol. The molecule has 14 heteroatoms. The fourth-order valence-electron chi connectivity index (χ4n) is 4.29. The Morgan fingerprint density at radius 2 is 1.86 bits per heavy atom. The number of hydrogen-bond donors (Lipinski definition) is 1. The summed E-state index contributed by atoms with van der Waals surface area (Å²) in [5.41, 5.74) is 1.29. The second kappa shape index (κ2) is 10.2. The van der Waals surface area contributed by atoms with Crippen molar-refractivity contribution in [2.75, 3.05) is 38.1 Å². The first-order valence-corrected chi connectivity index (χ1v) is 13.7. The highest BCUT2D eigenvalue weighted by Crippen LogP contribution is 2.29. The van der Waals surface area contributed by atoms with Crippen LogP contribution in [0.2, 0.25) is 5.02 Å². The van der Waals surface area contributed by atoms with Gasteiger partial charge in [0.2, 0.25) is 10.0 Å². The lowest BCUT2D eigenvalue weighted by Crippen LogP contribution is -2.44.